The third kappa shape index (κ3) is 2.18. The van der Waals surface area contributed by atoms with Crippen molar-refractivity contribution in [3.05, 3.63) is 15.6 Å². The van der Waals surface area contributed by atoms with E-state index in [1.54, 1.807) is 0 Å². The van der Waals surface area contributed by atoms with Gasteiger partial charge in [-0.2, -0.15) is 0 Å². The SMILES string of the molecule is O=NC(Cl)=CCl. The zero-order chi connectivity index (χ0) is 4.99. The van der Waals surface area contributed by atoms with E-state index in [2.05, 4.69) is 5.18 Å². The predicted molar refractivity (Wildman–Crippen MR) is 25.6 cm³/mol. The maximum atomic E-state index is 9.20. The summed E-state index contributed by atoms with van der Waals surface area (Å²) >= 11 is 9.76. The molecule has 0 aromatic rings. The predicted octanol–water partition coefficient (Wildman–Crippen LogP) is 2.03. The van der Waals surface area contributed by atoms with Crippen LogP contribution in [0.1, 0.15) is 0 Å². The van der Waals surface area contributed by atoms with Crippen LogP contribution in [0, 0.1) is 4.91 Å². The number of nitrogens with zero attached hydrogens (tertiary/aromatic N) is 1. The molecule has 0 spiro atoms. The van der Waals surface area contributed by atoms with Crippen LogP contribution in [-0.4, -0.2) is 0 Å². The molecule has 6 heavy (non-hydrogen) atoms. The fourth-order valence-electron chi connectivity index (χ4n) is 0.0199. The number of hydrogen-bond acceptors (Lipinski definition) is 2. The summed E-state index contributed by atoms with van der Waals surface area (Å²) in [6, 6.07) is 0. The van der Waals surface area contributed by atoms with Crippen molar-refractivity contribution in [3.63, 3.8) is 0 Å². The molecule has 2 nitrogen and oxygen atoms in total. The normalized spacial score (nSPS) is 11.3. The minimum atomic E-state index is -0.225. The molecule has 0 atom stereocenters. The van der Waals surface area contributed by atoms with Crippen LogP contribution in [-0.2, 0) is 0 Å². The summed E-state index contributed by atoms with van der Waals surface area (Å²) in [5, 5.41) is 2.03. The summed E-state index contributed by atoms with van der Waals surface area (Å²) in [6.45, 7) is 0. The molecule has 0 saturated heterocycles. The van der Waals surface area contributed by atoms with Crippen molar-refractivity contribution in [2.45, 2.75) is 0 Å². The quantitative estimate of drug-likeness (QED) is 0.390. The molecule has 0 radical (unpaired) electrons. The van der Waals surface area contributed by atoms with Gasteiger partial charge in [-0.25, -0.2) is 0 Å². The summed E-state index contributed by atoms with van der Waals surface area (Å²) in [6.07, 6.45) is 0. The lowest BCUT2D eigenvalue weighted by Crippen LogP contribution is -1.48. The van der Waals surface area contributed by atoms with Gasteiger partial charge >= 0.3 is 0 Å². The first-order valence-corrected chi connectivity index (χ1v) is 1.92. The molecule has 4 heteroatoms. The molecular formula is C2HCl2NO. The molecule has 0 aliphatic heterocycles. The van der Waals surface area contributed by atoms with Crippen molar-refractivity contribution in [3.8, 4) is 0 Å². The van der Waals surface area contributed by atoms with Crippen LogP contribution in [0.2, 0.25) is 0 Å². The number of nitroso groups, excluding NO2 is 1. The average molecular weight is 126 g/mol. The lowest BCUT2D eigenvalue weighted by molar-refractivity contribution is 1.50. The van der Waals surface area contributed by atoms with E-state index < -0.39 is 0 Å². The van der Waals surface area contributed by atoms with E-state index >= 15 is 0 Å². The Morgan fingerprint density at radius 3 is 2.33 bits per heavy atom. The van der Waals surface area contributed by atoms with Gasteiger partial charge in [-0.05, 0) is 5.18 Å². The van der Waals surface area contributed by atoms with Gasteiger partial charge in [0.05, 0.1) is 0 Å². The third-order valence-corrected chi connectivity index (χ3v) is 0.674. The first-order chi connectivity index (χ1) is 2.81. The molecule has 0 unspecified atom stereocenters. The fraction of sp³-hybridized carbons (Fsp3) is 0. The summed E-state index contributed by atoms with van der Waals surface area (Å²) in [5.41, 5.74) is 0.897. The second kappa shape index (κ2) is 3.12. The fourth-order valence-corrected chi connectivity index (χ4v) is 0.0598. The Bertz CT molecular complexity index is 79.6. The first-order valence-electron chi connectivity index (χ1n) is 1.10. The van der Waals surface area contributed by atoms with Crippen LogP contribution in [0.5, 0.6) is 0 Å². The first kappa shape index (κ1) is 5.92. The van der Waals surface area contributed by atoms with E-state index in [1.807, 2.05) is 0 Å². The molecule has 0 bridgehead atoms. The Balaban J connectivity index is 3.50. The summed E-state index contributed by atoms with van der Waals surface area (Å²) in [7, 11) is 0. The number of rotatable bonds is 1. The maximum Gasteiger partial charge on any atom is 0.184 e. The van der Waals surface area contributed by atoms with Crippen LogP contribution in [0.4, 0.5) is 0 Å². The lowest BCUT2D eigenvalue weighted by Gasteiger charge is -1.66. The van der Waals surface area contributed by atoms with Crippen LogP contribution in [0.15, 0.2) is 15.9 Å². The molecule has 0 saturated carbocycles. The minimum Gasteiger partial charge on any atom is -0.144 e. The third-order valence-electron chi connectivity index (χ3n) is 0.177. The van der Waals surface area contributed by atoms with Gasteiger partial charge in [-0.3, -0.25) is 0 Å². The zero-order valence-electron chi connectivity index (χ0n) is 2.69. The second-order valence-electron chi connectivity index (χ2n) is 0.523. The molecule has 0 N–H and O–H groups in total. The monoisotopic (exact) mass is 125 g/mol. The van der Waals surface area contributed by atoms with Crippen LogP contribution in [0.3, 0.4) is 0 Å². The molecule has 0 fully saturated rings. The average Bonchev–Trinajstić information content (AvgIpc) is 1.65. The van der Waals surface area contributed by atoms with Gasteiger partial charge in [-0.15, -0.1) is 4.91 Å². The van der Waals surface area contributed by atoms with Crippen LogP contribution >= 0.6 is 23.2 Å². The van der Waals surface area contributed by atoms with E-state index in [0.717, 1.165) is 5.54 Å². The van der Waals surface area contributed by atoms with Crippen molar-refractivity contribution in [2.24, 2.45) is 5.18 Å². The van der Waals surface area contributed by atoms with Gasteiger partial charge in [0.25, 0.3) is 0 Å². The van der Waals surface area contributed by atoms with E-state index in [-0.39, 0.29) is 5.16 Å². The van der Waals surface area contributed by atoms with Gasteiger partial charge in [-0.1, -0.05) is 23.2 Å². The molecular weight excluding hydrogens is 125 g/mol. The Labute approximate surface area is 44.7 Å². The molecule has 0 rings (SSSR count). The Morgan fingerprint density at radius 1 is 1.83 bits per heavy atom. The highest BCUT2D eigenvalue weighted by molar-refractivity contribution is 6.36. The van der Waals surface area contributed by atoms with Crippen molar-refractivity contribution in [1.82, 2.24) is 0 Å². The summed E-state index contributed by atoms with van der Waals surface area (Å²) in [5.74, 6) is 0. The summed E-state index contributed by atoms with van der Waals surface area (Å²) in [4.78, 5) is 9.20. The molecule has 0 amide bonds. The largest absolute Gasteiger partial charge is 0.184 e. The van der Waals surface area contributed by atoms with E-state index in [1.165, 1.54) is 0 Å². The van der Waals surface area contributed by atoms with E-state index in [4.69, 9.17) is 23.2 Å². The second-order valence-corrected chi connectivity index (χ2v) is 1.13. The highest BCUT2D eigenvalue weighted by Crippen LogP contribution is 2.01. The minimum absolute atomic E-state index is 0.225. The number of halogens is 2. The highest BCUT2D eigenvalue weighted by Gasteiger charge is 1.79. The highest BCUT2D eigenvalue weighted by atomic mass is 35.5. The van der Waals surface area contributed by atoms with Crippen LogP contribution < -0.4 is 0 Å². The number of hydrogen-bond donors (Lipinski definition) is 0. The molecule has 0 aliphatic rings. The van der Waals surface area contributed by atoms with Gasteiger partial charge in [0.2, 0.25) is 0 Å². The molecule has 34 valence electrons. The molecule has 0 aliphatic carbocycles. The Morgan fingerprint density at radius 2 is 2.33 bits per heavy atom. The van der Waals surface area contributed by atoms with Crippen molar-refractivity contribution < 1.29 is 0 Å². The molecule has 0 aromatic carbocycles. The van der Waals surface area contributed by atoms with Crippen LogP contribution in [0.25, 0.3) is 0 Å². The summed E-state index contributed by atoms with van der Waals surface area (Å²) < 4.78 is 0. The topological polar surface area (TPSA) is 29.4 Å². The van der Waals surface area contributed by atoms with E-state index in [9.17, 15) is 4.91 Å². The van der Waals surface area contributed by atoms with Gasteiger partial charge in [0, 0.05) is 5.54 Å². The van der Waals surface area contributed by atoms with Crippen molar-refractivity contribution in [2.75, 3.05) is 0 Å². The standard InChI is InChI=1S/C2HCl2NO/c3-1-2(4)5-6/h1H. The zero-order valence-corrected chi connectivity index (χ0v) is 4.20. The van der Waals surface area contributed by atoms with Crippen molar-refractivity contribution in [1.29, 1.82) is 0 Å². The van der Waals surface area contributed by atoms with Gasteiger partial charge < -0.3 is 0 Å². The molecule has 0 heterocycles. The van der Waals surface area contributed by atoms with Gasteiger partial charge in [0.1, 0.15) is 0 Å². The maximum absolute atomic E-state index is 9.20. The lowest BCUT2D eigenvalue weighted by atomic mass is 11.1. The van der Waals surface area contributed by atoms with E-state index in [0.29, 0.717) is 0 Å². The van der Waals surface area contributed by atoms with Crippen molar-refractivity contribution >= 4 is 23.2 Å². The smallest absolute Gasteiger partial charge is 0.144 e. The van der Waals surface area contributed by atoms with Gasteiger partial charge in [0.15, 0.2) is 5.16 Å². The Hall–Kier alpha value is -0.0800. The molecule has 0 aromatic heterocycles. The Kier molecular flexibility index (Phi) is 3.08.